The van der Waals surface area contributed by atoms with Gasteiger partial charge in [0.15, 0.2) is 0 Å². The predicted octanol–water partition coefficient (Wildman–Crippen LogP) is 1.26. The average Bonchev–Trinajstić information content (AvgIpc) is 2.46. The average molecular weight is 181 g/mol. The molecule has 0 aromatic heterocycles. The number of nitrogens with two attached hydrogens (primary N) is 1. The Balaban J connectivity index is 2.51. The van der Waals surface area contributed by atoms with Crippen LogP contribution in [0.15, 0.2) is 12.1 Å². The van der Waals surface area contributed by atoms with Crippen molar-refractivity contribution in [3.63, 3.8) is 0 Å². The predicted molar refractivity (Wildman–Crippen MR) is 47.6 cm³/mol. The van der Waals surface area contributed by atoms with Crippen molar-refractivity contribution in [2.45, 2.75) is 25.5 Å². The van der Waals surface area contributed by atoms with Crippen molar-refractivity contribution >= 4 is 0 Å². The summed E-state index contributed by atoms with van der Waals surface area (Å²) in [5.41, 5.74) is 8.14. The van der Waals surface area contributed by atoms with Crippen molar-refractivity contribution in [3.8, 4) is 0 Å². The van der Waals surface area contributed by atoms with Crippen LogP contribution in [0.3, 0.4) is 0 Å². The highest BCUT2D eigenvalue weighted by Gasteiger charge is 2.20. The second-order valence-electron chi connectivity index (χ2n) is 3.45. The fourth-order valence-corrected chi connectivity index (χ4v) is 1.83. The molecule has 0 spiro atoms. The molecule has 2 nitrogen and oxygen atoms in total. The Morgan fingerprint density at radius 1 is 1.54 bits per heavy atom. The highest BCUT2D eigenvalue weighted by Crippen LogP contribution is 2.31. The molecule has 0 bridgehead atoms. The Hall–Kier alpha value is -0.930. The first-order valence-electron chi connectivity index (χ1n) is 4.40. The Morgan fingerprint density at radius 3 is 3.00 bits per heavy atom. The van der Waals surface area contributed by atoms with Crippen LogP contribution in [0.5, 0.6) is 0 Å². The molecular formula is C10H12FNO. The van der Waals surface area contributed by atoms with Crippen molar-refractivity contribution in [1.82, 2.24) is 0 Å². The first-order chi connectivity index (χ1) is 6.22. The fourth-order valence-electron chi connectivity index (χ4n) is 1.83. The standard InChI is InChI=1S/C10H12FNO/c11-9-4-6-1-2-10(12)8(6)3-7(9)5-13/h3-4,10,13H,1-2,5,12H2. The highest BCUT2D eigenvalue weighted by atomic mass is 19.1. The van der Waals surface area contributed by atoms with Crippen LogP contribution in [0.1, 0.15) is 29.2 Å². The number of halogens is 1. The maximum Gasteiger partial charge on any atom is 0.129 e. The lowest BCUT2D eigenvalue weighted by Crippen LogP contribution is -2.06. The van der Waals surface area contributed by atoms with Gasteiger partial charge in [0.05, 0.1) is 6.61 Å². The molecule has 3 heteroatoms. The maximum atomic E-state index is 13.2. The smallest absolute Gasteiger partial charge is 0.129 e. The summed E-state index contributed by atoms with van der Waals surface area (Å²) in [5.74, 6) is -0.324. The van der Waals surface area contributed by atoms with Gasteiger partial charge in [0.1, 0.15) is 5.82 Å². The zero-order chi connectivity index (χ0) is 9.42. The van der Waals surface area contributed by atoms with E-state index >= 15 is 0 Å². The molecule has 1 aliphatic rings. The molecule has 13 heavy (non-hydrogen) atoms. The van der Waals surface area contributed by atoms with Gasteiger partial charge in [-0.1, -0.05) is 0 Å². The van der Waals surface area contributed by atoms with E-state index in [0.29, 0.717) is 5.56 Å². The zero-order valence-electron chi connectivity index (χ0n) is 7.26. The number of aryl methyl sites for hydroxylation is 1. The van der Waals surface area contributed by atoms with Crippen molar-refractivity contribution < 1.29 is 9.50 Å². The van der Waals surface area contributed by atoms with E-state index in [1.54, 1.807) is 6.07 Å². The largest absolute Gasteiger partial charge is 0.392 e. The van der Waals surface area contributed by atoms with Crippen molar-refractivity contribution in [2.24, 2.45) is 5.73 Å². The summed E-state index contributed by atoms with van der Waals surface area (Å²) < 4.78 is 13.2. The van der Waals surface area contributed by atoms with E-state index in [1.165, 1.54) is 6.07 Å². The van der Waals surface area contributed by atoms with Crippen molar-refractivity contribution in [1.29, 1.82) is 0 Å². The number of aliphatic hydroxyl groups is 1. The highest BCUT2D eigenvalue weighted by molar-refractivity contribution is 5.38. The summed E-state index contributed by atoms with van der Waals surface area (Å²) in [4.78, 5) is 0. The summed E-state index contributed by atoms with van der Waals surface area (Å²) in [6, 6.07) is 3.19. The molecule has 2 rings (SSSR count). The minimum atomic E-state index is -0.324. The van der Waals surface area contributed by atoms with Crippen molar-refractivity contribution in [2.75, 3.05) is 0 Å². The molecule has 0 radical (unpaired) electrons. The lowest BCUT2D eigenvalue weighted by Gasteiger charge is -2.07. The van der Waals surface area contributed by atoms with E-state index in [1.807, 2.05) is 0 Å². The number of hydrogen-bond donors (Lipinski definition) is 2. The summed E-state index contributed by atoms with van der Waals surface area (Å²) in [6.07, 6.45) is 1.72. The fraction of sp³-hybridized carbons (Fsp3) is 0.400. The Bertz CT molecular complexity index is 338. The molecular weight excluding hydrogens is 169 g/mol. The Labute approximate surface area is 76.2 Å². The van der Waals surface area contributed by atoms with E-state index in [0.717, 1.165) is 24.0 Å². The summed E-state index contributed by atoms with van der Waals surface area (Å²) in [5, 5.41) is 8.86. The van der Waals surface area contributed by atoms with E-state index in [4.69, 9.17) is 10.8 Å². The lowest BCUT2D eigenvalue weighted by molar-refractivity contribution is 0.275. The van der Waals surface area contributed by atoms with Crippen LogP contribution in [-0.4, -0.2) is 5.11 Å². The van der Waals surface area contributed by atoms with E-state index < -0.39 is 0 Å². The third-order valence-electron chi connectivity index (χ3n) is 2.60. The molecule has 3 N–H and O–H groups in total. The van der Waals surface area contributed by atoms with Gasteiger partial charge in [-0.05, 0) is 36.1 Å². The number of hydrogen-bond acceptors (Lipinski definition) is 2. The second kappa shape index (κ2) is 3.09. The molecule has 0 aliphatic heterocycles. The molecule has 0 heterocycles. The molecule has 0 fully saturated rings. The van der Waals surface area contributed by atoms with Gasteiger partial charge in [-0.15, -0.1) is 0 Å². The van der Waals surface area contributed by atoms with Crippen LogP contribution in [-0.2, 0) is 13.0 Å². The lowest BCUT2D eigenvalue weighted by atomic mass is 10.0. The van der Waals surface area contributed by atoms with Crippen molar-refractivity contribution in [3.05, 3.63) is 34.6 Å². The van der Waals surface area contributed by atoms with Gasteiger partial charge in [0.2, 0.25) is 0 Å². The van der Waals surface area contributed by atoms with E-state index in [9.17, 15) is 4.39 Å². The quantitative estimate of drug-likeness (QED) is 0.685. The third-order valence-corrected chi connectivity index (χ3v) is 2.60. The molecule has 0 amide bonds. The molecule has 70 valence electrons. The first kappa shape index (κ1) is 8.66. The van der Waals surface area contributed by atoms with Crippen LogP contribution in [0, 0.1) is 5.82 Å². The molecule has 0 saturated heterocycles. The van der Waals surface area contributed by atoms with Crippen LogP contribution in [0.2, 0.25) is 0 Å². The number of rotatable bonds is 1. The minimum Gasteiger partial charge on any atom is -0.392 e. The zero-order valence-corrected chi connectivity index (χ0v) is 7.26. The number of fused-ring (bicyclic) bond motifs is 1. The molecule has 1 unspecified atom stereocenters. The molecule has 1 aliphatic carbocycles. The number of benzene rings is 1. The van der Waals surface area contributed by atoms with Gasteiger partial charge in [-0.25, -0.2) is 4.39 Å². The van der Waals surface area contributed by atoms with Gasteiger partial charge < -0.3 is 10.8 Å². The summed E-state index contributed by atoms with van der Waals surface area (Å²) in [7, 11) is 0. The SMILES string of the molecule is NC1CCc2cc(F)c(CO)cc21. The minimum absolute atomic E-state index is 0.0147. The molecule has 1 aromatic carbocycles. The maximum absolute atomic E-state index is 13.2. The first-order valence-corrected chi connectivity index (χ1v) is 4.40. The van der Waals surface area contributed by atoms with E-state index in [-0.39, 0.29) is 18.5 Å². The summed E-state index contributed by atoms with van der Waals surface area (Å²) in [6.45, 7) is -0.258. The van der Waals surface area contributed by atoms with E-state index in [2.05, 4.69) is 0 Å². The van der Waals surface area contributed by atoms with Gasteiger partial charge in [-0.3, -0.25) is 0 Å². The van der Waals surface area contributed by atoms with Crippen LogP contribution in [0.4, 0.5) is 4.39 Å². The molecule has 1 aromatic rings. The summed E-state index contributed by atoms with van der Waals surface area (Å²) >= 11 is 0. The van der Waals surface area contributed by atoms with Crippen LogP contribution in [0.25, 0.3) is 0 Å². The monoisotopic (exact) mass is 181 g/mol. The third kappa shape index (κ3) is 1.34. The Morgan fingerprint density at radius 2 is 2.31 bits per heavy atom. The van der Waals surface area contributed by atoms with Crippen LogP contribution >= 0.6 is 0 Å². The second-order valence-corrected chi connectivity index (χ2v) is 3.45. The van der Waals surface area contributed by atoms with Gasteiger partial charge in [-0.2, -0.15) is 0 Å². The van der Waals surface area contributed by atoms with Crippen LogP contribution < -0.4 is 5.73 Å². The Kier molecular flexibility index (Phi) is 2.06. The van der Waals surface area contributed by atoms with Gasteiger partial charge >= 0.3 is 0 Å². The normalized spacial score (nSPS) is 20.4. The molecule has 1 atom stereocenters. The van der Waals surface area contributed by atoms with Gasteiger partial charge in [0.25, 0.3) is 0 Å². The number of aliphatic hydroxyl groups excluding tert-OH is 1. The molecule has 0 saturated carbocycles. The van der Waals surface area contributed by atoms with Gasteiger partial charge in [0, 0.05) is 11.6 Å². The topological polar surface area (TPSA) is 46.2 Å².